The number of hydrogen-bond donors (Lipinski definition) is 0. The summed E-state index contributed by atoms with van der Waals surface area (Å²) in [5.74, 6) is 1.59. The van der Waals surface area contributed by atoms with Gasteiger partial charge >= 0.3 is 0 Å². The van der Waals surface area contributed by atoms with E-state index in [-0.39, 0.29) is 0 Å². The van der Waals surface area contributed by atoms with Gasteiger partial charge in [0.15, 0.2) is 0 Å². The van der Waals surface area contributed by atoms with Crippen LogP contribution >= 0.6 is 11.3 Å². The van der Waals surface area contributed by atoms with Crippen molar-refractivity contribution in [2.24, 2.45) is 10.1 Å². The first-order valence-electron chi connectivity index (χ1n) is 10.7. The van der Waals surface area contributed by atoms with E-state index >= 15 is 0 Å². The van der Waals surface area contributed by atoms with E-state index in [1.54, 1.807) is 11.3 Å². The lowest BCUT2D eigenvalue weighted by Crippen LogP contribution is -2.12. The Kier molecular flexibility index (Phi) is 6.66. The molecule has 0 radical (unpaired) electrons. The lowest BCUT2D eigenvalue weighted by Gasteiger charge is -2.10. The number of aromatic nitrogens is 1. The number of thiazole rings is 1. The number of nitrogens with zero attached hydrogens (tertiary/aromatic N) is 3. The van der Waals surface area contributed by atoms with E-state index in [2.05, 4.69) is 43.3 Å². The van der Waals surface area contributed by atoms with Crippen molar-refractivity contribution in [1.29, 1.82) is 0 Å². The Bertz CT molecular complexity index is 1320. The number of ether oxygens (including phenoxy) is 1. The SMILES string of the molecule is CCN=c1scc(-c2cc(C)c(C)cc2C)n1N=Cc1cccc(Oc2ccccc2)c1. The molecule has 5 heteroatoms. The van der Waals surface area contributed by atoms with Gasteiger partial charge in [-0.15, -0.1) is 11.3 Å². The van der Waals surface area contributed by atoms with Crippen molar-refractivity contribution < 1.29 is 4.74 Å². The molecule has 0 saturated heterocycles. The van der Waals surface area contributed by atoms with E-state index in [9.17, 15) is 0 Å². The topological polar surface area (TPSA) is 38.9 Å². The summed E-state index contributed by atoms with van der Waals surface area (Å²) in [6, 6.07) is 22.2. The van der Waals surface area contributed by atoms with Gasteiger partial charge in [-0.05, 0) is 80.3 Å². The minimum Gasteiger partial charge on any atom is -0.457 e. The van der Waals surface area contributed by atoms with Crippen molar-refractivity contribution in [2.45, 2.75) is 27.7 Å². The molecule has 0 saturated carbocycles. The molecule has 3 aromatic carbocycles. The number of hydrogen-bond acceptors (Lipinski definition) is 4. The highest BCUT2D eigenvalue weighted by Crippen LogP contribution is 2.27. The number of rotatable bonds is 6. The Morgan fingerprint density at radius 2 is 1.62 bits per heavy atom. The number of benzene rings is 3. The molecule has 4 aromatic rings. The van der Waals surface area contributed by atoms with Crippen LogP contribution in [0, 0.1) is 20.8 Å². The Balaban J connectivity index is 1.70. The van der Waals surface area contributed by atoms with E-state index in [1.165, 1.54) is 22.3 Å². The van der Waals surface area contributed by atoms with Gasteiger partial charge in [0.05, 0.1) is 11.9 Å². The van der Waals surface area contributed by atoms with E-state index in [0.717, 1.165) is 27.6 Å². The molecule has 0 atom stereocenters. The molecule has 4 nitrogen and oxygen atoms in total. The Labute approximate surface area is 193 Å². The van der Waals surface area contributed by atoms with Gasteiger partial charge < -0.3 is 4.74 Å². The summed E-state index contributed by atoms with van der Waals surface area (Å²) in [7, 11) is 0. The molecule has 0 aliphatic rings. The quantitative estimate of drug-likeness (QED) is 0.306. The first-order valence-corrected chi connectivity index (χ1v) is 11.6. The molecule has 0 bridgehead atoms. The van der Waals surface area contributed by atoms with Crippen LogP contribution in [0.4, 0.5) is 0 Å². The van der Waals surface area contributed by atoms with E-state index in [0.29, 0.717) is 6.54 Å². The van der Waals surface area contributed by atoms with Gasteiger partial charge in [0, 0.05) is 17.5 Å². The summed E-state index contributed by atoms with van der Waals surface area (Å²) in [6.45, 7) is 9.19. The summed E-state index contributed by atoms with van der Waals surface area (Å²) in [5.41, 5.74) is 6.99. The van der Waals surface area contributed by atoms with Gasteiger partial charge in [0.25, 0.3) is 0 Å². The Hall–Kier alpha value is -3.44. The molecule has 0 aliphatic carbocycles. The third-order valence-electron chi connectivity index (χ3n) is 5.25. The second kappa shape index (κ2) is 9.79. The van der Waals surface area contributed by atoms with Crippen LogP contribution in [0.25, 0.3) is 11.3 Å². The molecule has 1 aromatic heterocycles. The van der Waals surface area contributed by atoms with Crippen molar-refractivity contribution in [3.05, 3.63) is 99.2 Å². The molecule has 0 N–H and O–H groups in total. The number of aryl methyl sites for hydroxylation is 3. The molecule has 162 valence electrons. The van der Waals surface area contributed by atoms with Crippen LogP contribution in [0.1, 0.15) is 29.2 Å². The van der Waals surface area contributed by atoms with Gasteiger partial charge in [-0.2, -0.15) is 5.10 Å². The molecule has 32 heavy (non-hydrogen) atoms. The fourth-order valence-electron chi connectivity index (χ4n) is 3.48. The van der Waals surface area contributed by atoms with E-state index < -0.39 is 0 Å². The highest BCUT2D eigenvalue weighted by atomic mass is 32.1. The van der Waals surface area contributed by atoms with Crippen LogP contribution in [0.15, 0.2) is 82.2 Å². The molecule has 0 aliphatic heterocycles. The summed E-state index contributed by atoms with van der Waals surface area (Å²) < 4.78 is 7.91. The van der Waals surface area contributed by atoms with Crippen molar-refractivity contribution in [3.63, 3.8) is 0 Å². The zero-order valence-corrected chi connectivity index (χ0v) is 19.7. The maximum absolute atomic E-state index is 5.97. The molecule has 1 heterocycles. The first kappa shape index (κ1) is 21.8. The van der Waals surface area contributed by atoms with E-state index in [4.69, 9.17) is 9.84 Å². The van der Waals surface area contributed by atoms with E-state index in [1.807, 2.05) is 72.4 Å². The van der Waals surface area contributed by atoms with Gasteiger partial charge in [-0.3, -0.25) is 4.99 Å². The highest BCUT2D eigenvalue weighted by molar-refractivity contribution is 7.07. The zero-order chi connectivity index (χ0) is 22.5. The largest absolute Gasteiger partial charge is 0.457 e. The molecular weight excluding hydrogens is 414 g/mol. The lowest BCUT2D eigenvalue weighted by molar-refractivity contribution is 0.482. The summed E-state index contributed by atoms with van der Waals surface area (Å²) >= 11 is 1.61. The summed E-state index contributed by atoms with van der Waals surface area (Å²) in [6.07, 6.45) is 1.86. The average Bonchev–Trinajstić information content (AvgIpc) is 3.18. The highest BCUT2D eigenvalue weighted by Gasteiger charge is 2.11. The van der Waals surface area contributed by atoms with Crippen molar-refractivity contribution >= 4 is 17.6 Å². The van der Waals surface area contributed by atoms with Gasteiger partial charge in [0.1, 0.15) is 11.5 Å². The average molecular weight is 442 g/mol. The molecule has 4 rings (SSSR count). The first-order chi connectivity index (χ1) is 15.5. The van der Waals surface area contributed by atoms with Crippen LogP contribution in [0.5, 0.6) is 11.5 Å². The fraction of sp³-hybridized carbons (Fsp3) is 0.185. The third-order valence-corrected chi connectivity index (χ3v) is 6.11. The zero-order valence-electron chi connectivity index (χ0n) is 18.9. The van der Waals surface area contributed by atoms with Gasteiger partial charge in [-0.1, -0.05) is 36.4 Å². The number of para-hydroxylation sites is 1. The van der Waals surface area contributed by atoms with Crippen LogP contribution in [-0.4, -0.2) is 17.4 Å². The maximum atomic E-state index is 5.97. The molecule has 0 fully saturated rings. The summed E-state index contributed by atoms with van der Waals surface area (Å²) in [4.78, 5) is 5.53. The maximum Gasteiger partial charge on any atom is 0.206 e. The lowest BCUT2D eigenvalue weighted by atomic mass is 9.99. The fourth-order valence-corrected chi connectivity index (χ4v) is 4.38. The van der Waals surface area contributed by atoms with Crippen LogP contribution in [0.2, 0.25) is 0 Å². The van der Waals surface area contributed by atoms with Crippen molar-refractivity contribution in [2.75, 3.05) is 6.54 Å². The standard InChI is InChI=1S/C27H27N3OS/c1-5-28-27-30(26(18-32-27)25-15-20(3)19(2)14-21(25)4)29-17-22-10-9-13-24(16-22)31-23-11-7-6-8-12-23/h6-18H,5H2,1-4H3. The molecular formula is C27H27N3OS. The normalized spacial score (nSPS) is 11.9. The smallest absolute Gasteiger partial charge is 0.206 e. The second-order valence-corrected chi connectivity index (χ2v) is 8.51. The molecule has 0 unspecified atom stereocenters. The summed E-state index contributed by atoms with van der Waals surface area (Å²) in [5, 5.41) is 6.96. The molecule has 0 spiro atoms. The second-order valence-electron chi connectivity index (χ2n) is 7.67. The van der Waals surface area contributed by atoms with Gasteiger partial charge in [-0.25, -0.2) is 4.68 Å². The Morgan fingerprint density at radius 1 is 0.875 bits per heavy atom. The van der Waals surface area contributed by atoms with Crippen LogP contribution in [0.3, 0.4) is 0 Å². The van der Waals surface area contributed by atoms with Crippen molar-refractivity contribution in [1.82, 2.24) is 4.68 Å². The predicted octanol–water partition coefficient (Wildman–Crippen LogP) is 6.74. The minimum absolute atomic E-state index is 0.710. The van der Waals surface area contributed by atoms with Crippen LogP contribution in [-0.2, 0) is 0 Å². The molecule has 0 amide bonds. The Morgan fingerprint density at radius 3 is 2.41 bits per heavy atom. The monoisotopic (exact) mass is 441 g/mol. The van der Waals surface area contributed by atoms with Crippen molar-refractivity contribution in [3.8, 4) is 22.8 Å². The third kappa shape index (κ3) is 4.89. The minimum atomic E-state index is 0.710. The van der Waals surface area contributed by atoms with Crippen LogP contribution < -0.4 is 9.54 Å². The predicted molar refractivity (Wildman–Crippen MR) is 134 cm³/mol. The van der Waals surface area contributed by atoms with Gasteiger partial charge in [0.2, 0.25) is 4.80 Å².